The van der Waals surface area contributed by atoms with Crippen molar-refractivity contribution in [1.29, 1.82) is 0 Å². The number of halogens is 2. The van der Waals surface area contributed by atoms with E-state index in [1.807, 2.05) is 0 Å². The van der Waals surface area contributed by atoms with Crippen molar-refractivity contribution in [1.82, 2.24) is 5.32 Å². The zero-order chi connectivity index (χ0) is 12.7. The maximum Gasteiger partial charge on any atom is 0.170 e. The van der Waals surface area contributed by atoms with E-state index in [9.17, 15) is 8.78 Å². The number of thiocarbonyl (C=S) groups is 1. The van der Waals surface area contributed by atoms with E-state index in [4.69, 9.17) is 17.0 Å². The molecule has 1 aromatic carbocycles. The molecule has 0 fully saturated rings. The highest BCUT2D eigenvalue weighted by Crippen LogP contribution is 2.17. The fraction of sp³-hybridized carbons (Fsp3) is 0.364. The van der Waals surface area contributed by atoms with E-state index in [0.717, 1.165) is 6.42 Å². The van der Waals surface area contributed by atoms with Crippen LogP contribution < -0.4 is 10.6 Å². The van der Waals surface area contributed by atoms with Gasteiger partial charge in [-0.2, -0.15) is 0 Å². The summed E-state index contributed by atoms with van der Waals surface area (Å²) in [5.74, 6) is -1.35. The lowest BCUT2D eigenvalue weighted by molar-refractivity contribution is 0.196. The van der Waals surface area contributed by atoms with Crippen molar-refractivity contribution in [2.45, 2.75) is 6.42 Å². The van der Waals surface area contributed by atoms with E-state index in [-0.39, 0.29) is 10.8 Å². The van der Waals surface area contributed by atoms with Crippen LogP contribution in [0.2, 0.25) is 0 Å². The van der Waals surface area contributed by atoms with E-state index >= 15 is 0 Å². The molecule has 0 aliphatic rings. The van der Waals surface area contributed by atoms with Gasteiger partial charge in [0.1, 0.15) is 17.3 Å². The van der Waals surface area contributed by atoms with Gasteiger partial charge in [-0.1, -0.05) is 6.07 Å². The van der Waals surface area contributed by atoms with Gasteiger partial charge in [0, 0.05) is 20.3 Å². The van der Waals surface area contributed by atoms with Crippen molar-refractivity contribution < 1.29 is 13.5 Å². The van der Waals surface area contributed by atoms with Crippen molar-refractivity contribution >= 4 is 23.0 Å². The first-order valence-electron chi connectivity index (χ1n) is 5.13. The quantitative estimate of drug-likeness (QED) is 0.628. The number of benzene rings is 1. The summed E-state index contributed by atoms with van der Waals surface area (Å²) in [6.45, 7) is 1.18. The smallest absolute Gasteiger partial charge is 0.170 e. The molecule has 0 saturated heterocycles. The second-order valence-corrected chi connectivity index (χ2v) is 3.73. The SMILES string of the molecule is COCCCNC(=S)Nc1c(F)cccc1F. The van der Waals surface area contributed by atoms with Crippen LogP contribution in [-0.2, 0) is 4.74 Å². The molecular weight excluding hydrogens is 246 g/mol. The molecule has 3 nitrogen and oxygen atoms in total. The fourth-order valence-electron chi connectivity index (χ4n) is 1.19. The average Bonchev–Trinajstić information content (AvgIpc) is 2.30. The molecule has 0 spiro atoms. The molecule has 0 aliphatic carbocycles. The summed E-state index contributed by atoms with van der Waals surface area (Å²) < 4.78 is 31.3. The normalized spacial score (nSPS) is 10.1. The van der Waals surface area contributed by atoms with Gasteiger partial charge >= 0.3 is 0 Å². The summed E-state index contributed by atoms with van der Waals surface area (Å²) in [4.78, 5) is 0. The highest BCUT2D eigenvalue weighted by atomic mass is 32.1. The first kappa shape index (κ1) is 13.8. The Hall–Kier alpha value is -1.27. The standard InChI is InChI=1S/C11H14F2N2OS/c1-16-7-3-6-14-11(17)15-10-8(12)4-2-5-9(10)13/h2,4-5H,3,6-7H2,1H3,(H2,14,15,17). The molecule has 0 radical (unpaired) electrons. The third kappa shape index (κ3) is 4.62. The minimum atomic E-state index is -0.675. The number of hydrogen-bond donors (Lipinski definition) is 2. The first-order valence-corrected chi connectivity index (χ1v) is 5.53. The van der Waals surface area contributed by atoms with Gasteiger partial charge in [-0.25, -0.2) is 8.78 Å². The molecule has 0 bridgehead atoms. The minimum Gasteiger partial charge on any atom is -0.385 e. The van der Waals surface area contributed by atoms with Crippen LogP contribution in [0.3, 0.4) is 0 Å². The third-order valence-electron chi connectivity index (χ3n) is 2.01. The second-order valence-electron chi connectivity index (χ2n) is 3.32. The Labute approximate surface area is 104 Å². The fourth-order valence-corrected chi connectivity index (χ4v) is 1.40. The van der Waals surface area contributed by atoms with E-state index in [0.29, 0.717) is 13.2 Å². The van der Waals surface area contributed by atoms with E-state index in [1.165, 1.54) is 18.2 Å². The van der Waals surface area contributed by atoms with Crippen LogP contribution >= 0.6 is 12.2 Å². The lowest BCUT2D eigenvalue weighted by atomic mass is 10.3. The molecule has 0 amide bonds. The number of hydrogen-bond acceptors (Lipinski definition) is 2. The monoisotopic (exact) mass is 260 g/mol. The number of rotatable bonds is 5. The number of nitrogens with one attached hydrogen (secondary N) is 2. The summed E-state index contributed by atoms with van der Waals surface area (Å²) >= 11 is 4.91. The molecule has 0 unspecified atom stereocenters. The predicted octanol–water partition coefficient (Wildman–Crippen LogP) is 2.29. The number of anilines is 1. The predicted molar refractivity (Wildman–Crippen MR) is 67.1 cm³/mol. The zero-order valence-corrected chi connectivity index (χ0v) is 10.2. The van der Waals surface area contributed by atoms with Gasteiger partial charge in [0.25, 0.3) is 0 Å². The second kappa shape index (κ2) is 7.13. The molecule has 1 aromatic rings. The molecule has 1 rings (SSSR count). The van der Waals surface area contributed by atoms with Crippen molar-refractivity contribution in [3.63, 3.8) is 0 Å². The van der Waals surface area contributed by atoms with Gasteiger partial charge in [-0.15, -0.1) is 0 Å². The van der Waals surface area contributed by atoms with E-state index in [2.05, 4.69) is 10.6 Å². The third-order valence-corrected chi connectivity index (χ3v) is 2.26. The van der Waals surface area contributed by atoms with Crippen LogP contribution in [0, 0.1) is 11.6 Å². The molecule has 94 valence electrons. The summed E-state index contributed by atoms with van der Waals surface area (Å²) in [5, 5.41) is 5.50. The van der Waals surface area contributed by atoms with Crippen molar-refractivity contribution in [3.05, 3.63) is 29.8 Å². The Bertz CT molecular complexity index is 367. The molecule has 0 aliphatic heterocycles. The molecular formula is C11H14F2N2OS. The molecule has 17 heavy (non-hydrogen) atoms. The Balaban J connectivity index is 2.45. The highest BCUT2D eigenvalue weighted by Gasteiger charge is 2.08. The van der Waals surface area contributed by atoms with Gasteiger partial charge in [0.05, 0.1) is 0 Å². The Morgan fingerprint density at radius 2 is 2.00 bits per heavy atom. The molecule has 0 aromatic heterocycles. The maximum atomic E-state index is 13.2. The van der Waals surface area contributed by atoms with Gasteiger partial charge in [0.15, 0.2) is 5.11 Å². The van der Waals surface area contributed by atoms with Crippen LogP contribution in [-0.4, -0.2) is 25.4 Å². The average molecular weight is 260 g/mol. The first-order chi connectivity index (χ1) is 8.15. The lowest BCUT2D eigenvalue weighted by Crippen LogP contribution is -2.30. The number of methoxy groups -OCH3 is 1. The van der Waals surface area contributed by atoms with E-state index < -0.39 is 11.6 Å². The van der Waals surface area contributed by atoms with Crippen molar-refractivity contribution in [2.75, 3.05) is 25.6 Å². The Morgan fingerprint density at radius 3 is 2.59 bits per heavy atom. The molecule has 0 atom stereocenters. The van der Waals surface area contributed by atoms with E-state index in [1.54, 1.807) is 7.11 Å². The van der Waals surface area contributed by atoms with Gasteiger partial charge in [-0.3, -0.25) is 0 Å². The summed E-state index contributed by atoms with van der Waals surface area (Å²) in [5.41, 5.74) is -0.239. The lowest BCUT2D eigenvalue weighted by Gasteiger charge is -2.11. The maximum absolute atomic E-state index is 13.2. The Kier molecular flexibility index (Phi) is 5.79. The van der Waals surface area contributed by atoms with Crippen LogP contribution in [0.5, 0.6) is 0 Å². The highest BCUT2D eigenvalue weighted by molar-refractivity contribution is 7.80. The van der Waals surface area contributed by atoms with Gasteiger partial charge < -0.3 is 15.4 Å². The van der Waals surface area contributed by atoms with Crippen LogP contribution in [0.25, 0.3) is 0 Å². The number of ether oxygens (including phenoxy) is 1. The Morgan fingerprint density at radius 1 is 1.35 bits per heavy atom. The largest absolute Gasteiger partial charge is 0.385 e. The molecule has 2 N–H and O–H groups in total. The van der Waals surface area contributed by atoms with Gasteiger partial charge in [-0.05, 0) is 30.8 Å². The van der Waals surface area contributed by atoms with Crippen LogP contribution in [0.1, 0.15) is 6.42 Å². The minimum absolute atomic E-state index is 0.185. The van der Waals surface area contributed by atoms with Gasteiger partial charge in [0.2, 0.25) is 0 Å². The molecule has 0 heterocycles. The number of para-hydroxylation sites is 1. The van der Waals surface area contributed by atoms with Crippen molar-refractivity contribution in [2.24, 2.45) is 0 Å². The summed E-state index contributed by atoms with van der Waals surface area (Å²) in [6.07, 6.45) is 0.762. The van der Waals surface area contributed by atoms with Crippen LogP contribution in [0.15, 0.2) is 18.2 Å². The molecule has 0 saturated carbocycles. The summed E-state index contributed by atoms with van der Waals surface area (Å²) in [6, 6.07) is 3.63. The topological polar surface area (TPSA) is 33.3 Å². The van der Waals surface area contributed by atoms with Crippen molar-refractivity contribution in [3.8, 4) is 0 Å². The summed E-state index contributed by atoms with van der Waals surface area (Å²) in [7, 11) is 1.60. The molecule has 6 heteroatoms. The zero-order valence-electron chi connectivity index (χ0n) is 9.43. The van der Waals surface area contributed by atoms with Crippen LogP contribution in [0.4, 0.5) is 14.5 Å².